The maximum Gasteiger partial charge on any atom is 0.335 e. The first-order valence-electron chi connectivity index (χ1n) is 12.7. The first-order chi connectivity index (χ1) is 19.1. The van der Waals surface area contributed by atoms with E-state index in [0.717, 1.165) is 38.7 Å². The smallest absolute Gasteiger partial charge is 0.335 e. The first kappa shape index (κ1) is 24.1. The van der Waals surface area contributed by atoms with Gasteiger partial charge in [-0.25, -0.2) is 9.78 Å². The Kier molecular flexibility index (Phi) is 6.35. The summed E-state index contributed by atoms with van der Waals surface area (Å²) in [5, 5.41) is 11.4. The Morgan fingerprint density at radius 3 is 2.23 bits per heavy atom. The number of benzene rings is 5. The number of anilines is 2. The number of rotatable bonds is 7. The average Bonchev–Trinajstić information content (AvgIpc) is 3.35. The number of hydrogen-bond acceptors (Lipinski definition) is 3. The highest BCUT2D eigenvalue weighted by Gasteiger charge is 2.21. The van der Waals surface area contributed by atoms with Gasteiger partial charge >= 0.3 is 5.97 Å². The SMILES string of the molecule is O=C(O)c1ccc(-c2nc3ccccc3n2CCC(=O)N(c2ccccc2)c2cccc3ccccc23)cc1. The number of amides is 1. The third kappa shape index (κ3) is 4.64. The minimum absolute atomic E-state index is 0.0393. The molecule has 0 bridgehead atoms. The number of carboxylic acids is 1. The van der Waals surface area contributed by atoms with Gasteiger partial charge in [0.2, 0.25) is 5.91 Å². The van der Waals surface area contributed by atoms with E-state index >= 15 is 0 Å². The van der Waals surface area contributed by atoms with Gasteiger partial charge in [-0.05, 0) is 47.9 Å². The molecule has 6 nitrogen and oxygen atoms in total. The van der Waals surface area contributed by atoms with Gasteiger partial charge in [-0.2, -0.15) is 0 Å². The number of para-hydroxylation sites is 3. The summed E-state index contributed by atoms with van der Waals surface area (Å²) in [5.74, 6) is -0.324. The molecule has 39 heavy (non-hydrogen) atoms. The van der Waals surface area contributed by atoms with Crippen LogP contribution in [0.3, 0.4) is 0 Å². The topological polar surface area (TPSA) is 75.4 Å². The number of hydrogen-bond donors (Lipinski definition) is 1. The quantitative estimate of drug-likeness (QED) is 0.244. The van der Waals surface area contributed by atoms with E-state index in [1.54, 1.807) is 29.2 Å². The average molecular weight is 512 g/mol. The van der Waals surface area contributed by atoms with Crippen LogP contribution in [0.1, 0.15) is 16.8 Å². The molecule has 1 aromatic heterocycles. The molecule has 5 aromatic carbocycles. The zero-order valence-electron chi connectivity index (χ0n) is 21.1. The maximum atomic E-state index is 14.0. The van der Waals surface area contributed by atoms with Gasteiger partial charge in [0.1, 0.15) is 5.82 Å². The highest BCUT2D eigenvalue weighted by molar-refractivity contribution is 6.08. The molecule has 0 aliphatic rings. The van der Waals surface area contributed by atoms with Crippen LogP contribution in [0.25, 0.3) is 33.2 Å². The fraction of sp³-hybridized carbons (Fsp3) is 0.0606. The van der Waals surface area contributed by atoms with E-state index in [0.29, 0.717) is 12.4 Å². The third-order valence-electron chi connectivity index (χ3n) is 6.87. The second kappa shape index (κ2) is 10.3. The van der Waals surface area contributed by atoms with Crippen LogP contribution in [0.5, 0.6) is 0 Å². The lowest BCUT2D eigenvalue weighted by atomic mass is 10.1. The standard InChI is InChI=1S/C33H25N3O3/c37-31(36(26-11-2-1-3-12-26)29-16-8-10-23-9-4-5-13-27(23)29)21-22-35-30-15-7-6-14-28(30)34-32(35)24-17-19-25(20-18-24)33(38)39/h1-20H,21-22H2,(H,38,39). The summed E-state index contributed by atoms with van der Waals surface area (Å²) in [6, 6.07) is 38.2. The fourth-order valence-electron chi connectivity index (χ4n) is 5.00. The molecular weight excluding hydrogens is 486 g/mol. The van der Waals surface area contributed by atoms with E-state index in [4.69, 9.17) is 4.98 Å². The summed E-state index contributed by atoms with van der Waals surface area (Å²) in [5.41, 5.74) is 4.38. The Morgan fingerprint density at radius 2 is 1.44 bits per heavy atom. The van der Waals surface area contributed by atoms with E-state index < -0.39 is 5.97 Å². The van der Waals surface area contributed by atoms with Crippen LogP contribution in [0.4, 0.5) is 11.4 Å². The van der Waals surface area contributed by atoms with Crippen molar-refractivity contribution in [2.24, 2.45) is 0 Å². The number of carbonyl (C=O) groups excluding carboxylic acids is 1. The van der Waals surface area contributed by atoms with E-state index in [9.17, 15) is 14.7 Å². The molecule has 6 heteroatoms. The zero-order valence-corrected chi connectivity index (χ0v) is 21.1. The van der Waals surface area contributed by atoms with Crippen molar-refractivity contribution in [3.8, 4) is 11.4 Å². The van der Waals surface area contributed by atoms with Gasteiger partial charge in [0.05, 0.1) is 22.3 Å². The Labute approximate surface area is 225 Å². The molecule has 0 fully saturated rings. The number of aromatic nitrogens is 2. The van der Waals surface area contributed by atoms with E-state index in [1.807, 2.05) is 102 Å². The second-order valence-electron chi connectivity index (χ2n) is 9.27. The van der Waals surface area contributed by atoms with Crippen molar-refractivity contribution in [3.63, 3.8) is 0 Å². The Bertz CT molecular complexity index is 1800. The lowest BCUT2D eigenvalue weighted by Gasteiger charge is -2.25. The number of aromatic carboxylic acids is 1. The molecule has 0 radical (unpaired) electrons. The minimum atomic E-state index is -0.977. The van der Waals surface area contributed by atoms with Crippen molar-refractivity contribution in [1.82, 2.24) is 9.55 Å². The monoisotopic (exact) mass is 511 g/mol. The molecule has 6 aromatic rings. The maximum absolute atomic E-state index is 14.0. The summed E-state index contributed by atoms with van der Waals surface area (Å²) in [7, 11) is 0. The number of imidazole rings is 1. The molecular formula is C33H25N3O3. The summed E-state index contributed by atoms with van der Waals surface area (Å²) < 4.78 is 2.04. The lowest BCUT2D eigenvalue weighted by molar-refractivity contribution is -0.118. The molecule has 0 aliphatic carbocycles. The van der Waals surface area contributed by atoms with Crippen molar-refractivity contribution >= 4 is 45.1 Å². The van der Waals surface area contributed by atoms with Gasteiger partial charge in [0, 0.05) is 29.6 Å². The van der Waals surface area contributed by atoms with Crippen LogP contribution in [-0.2, 0) is 11.3 Å². The third-order valence-corrected chi connectivity index (χ3v) is 6.87. The molecule has 0 atom stereocenters. The molecule has 190 valence electrons. The molecule has 0 saturated carbocycles. The predicted octanol–water partition coefficient (Wildman–Crippen LogP) is 7.31. The van der Waals surface area contributed by atoms with Crippen LogP contribution in [0, 0.1) is 0 Å². The van der Waals surface area contributed by atoms with Crippen molar-refractivity contribution in [2.45, 2.75) is 13.0 Å². The molecule has 0 unspecified atom stereocenters. The summed E-state index contributed by atoms with van der Waals surface area (Å²) in [4.78, 5) is 32.0. The Hall–Kier alpha value is -5.23. The normalized spacial score (nSPS) is 11.1. The number of fused-ring (bicyclic) bond motifs is 2. The second-order valence-corrected chi connectivity index (χ2v) is 9.27. The van der Waals surface area contributed by atoms with E-state index in [1.165, 1.54) is 0 Å². The minimum Gasteiger partial charge on any atom is -0.478 e. The Morgan fingerprint density at radius 1 is 0.744 bits per heavy atom. The van der Waals surface area contributed by atoms with Crippen molar-refractivity contribution in [3.05, 3.63) is 127 Å². The predicted molar refractivity (Wildman–Crippen MR) is 154 cm³/mol. The summed E-state index contributed by atoms with van der Waals surface area (Å²) >= 11 is 0. The van der Waals surface area contributed by atoms with Crippen LogP contribution >= 0.6 is 0 Å². The van der Waals surface area contributed by atoms with Gasteiger partial charge < -0.3 is 9.67 Å². The Balaban J connectivity index is 1.38. The highest BCUT2D eigenvalue weighted by Crippen LogP contribution is 2.33. The van der Waals surface area contributed by atoms with Crippen LogP contribution in [0.2, 0.25) is 0 Å². The number of carboxylic acid groups (broad SMARTS) is 1. The number of aryl methyl sites for hydroxylation is 1. The first-order valence-corrected chi connectivity index (χ1v) is 12.7. The van der Waals surface area contributed by atoms with Crippen molar-refractivity contribution < 1.29 is 14.7 Å². The number of carbonyl (C=O) groups is 2. The molecule has 0 saturated heterocycles. The molecule has 1 amide bonds. The largest absolute Gasteiger partial charge is 0.478 e. The zero-order chi connectivity index (χ0) is 26.8. The van der Waals surface area contributed by atoms with E-state index in [2.05, 4.69) is 0 Å². The molecule has 1 heterocycles. The fourth-order valence-corrected chi connectivity index (χ4v) is 5.00. The van der Waals surface area contributed by atoms with E-state index in [-0.39, 0.29) is 17.9 Å². The van der Waals surface area contributed by atoms with Crippen LogP contribution in [-0.4, -0.2) is 26.5 Å². The van der Waals surface area contributed by atoms with Gasteiger partial charge in [-0.15, -0.1) is 0 Å². The lowest BCUT2D eigenvalue weighted by Crippen LogP contribution is -2.27. The van der Waals surface area contributed by atoms with Gasteiger partial charge in [-0.3, -0.25) is 9.69 Å². The van der Waals surface area contributed by atoms with Crippen LogP contribution < -0.4 is 4.90 Å². The van der Waals surface area contributed by atoms with Gasteiger partial charge in [0.15, 0.2) is 0 Å². The molecule has 0 aliphatic heterocycles. The molecule has 1 N–H and O–H groups in total. The highest BCUT2D eigenvalue weighted by atomic mass is 16.4. The summed E-state index contributed by atoms with van der Waals surface area (Å²) in [6.45, 7) is 0.406. The molecule has 0 spiro atoms. The van der Waals surface area contributed by atoms with Gasteiger partial charge in [0.25, 0.3) is 0 Å². The van der Waals surface area contributed by atoms with Crippen LogP contribution in [0.15, 0.2) is 121 Å². The summed E-state index contributed by atoms with van der Waals surface area (Å²) in [6.07, 6.45) is 0.235. The van der Waals surface area contributed by atoms with Gasteiger partial charge in [-0.1, -0.05) is 78.9 Å². The molecule has 6 rings (SSSR count). The van der Waals surface area contributed by atoms with Crippen molar-refractivity contribution in [1.29, 1.82) is 0 Å². The van der Waals surface area contributed by atoms with Crippen molar-refractivity contribution in [2.75, 3.05) is 4.90 Å². The number of nitrogens with zero attached hydrogens (tertiary/aromatic N) is 3.